The van der Waals surface area contributed by atoms with Crippen LogP contribution in [0.1, 0.15) is 36.6 Å². The maximum absolute atomic E-state index is 13.9. The summed E-state index contributed by atoms with van der Waals surface area (Å²) >= 11 is 2.69. The molecule has 13 heteroatoms. The van der Waals surface area contributed by atoms with Crippen molar-refractivity contribution < 1.29 is 33.8 Å². The highest BCUT2D eigenvalue weighted by Gasteiger charge is 2.70. The highest BCUT2D eigenvalue weighted by molar-refractivity contribution is 8.00. The first kappa shape index (κ1) is 30.5. The van der Waals surface area contributed by atoms with Crippen molar-refractivity contribution in [2.24, 2.45) is 35.5 Å². The number of aromatic nitrogens is 1. The predicted molar refractivity (Wildman–Crippen MR) is 170 cm³/mol. The molecule has 2 aliphatic heterocycles. The third kappa shape index (κ3) is 4.82. The molecule has 2 aliphatic carbocycles. The number of benzene rings is 2. The Labute approximate surface area is 272 Å². The summed E-state index contributed by atoms with van der Waals surface area (Å²) in [5.74, 6) is -3.53. The second-order valence-corrected chi connectivity index (χ2v) is 14.8. The van der Waals surface area contributed by atoms with Gasteiger partial charge in [0.2, 0.25) is 11.8 Å². The van der Waals surface area contributed by atoms with Crippen molar-refractivity contribution in [1.82, 2.24) is 9.88 Å². The van der Waals surface area contributed by atoms with Gasteiger partial charge in [0.05, 0.1) is 24.0 Å². The Morgan fingerprint density at radius 1 is 1.04 bits per heavy atom. The smallest absolute Gasteiger partial charge is 0.327 e. The molecular weight excluding hydrogens is 631 g/mol. The van der Waals surface area contributed by atoms with Gasteiger partial charge >= 0.3 is 10.8 Å². The average molecular weight is 664 g/mol. The lowest BCUT2D eigenvalue weighted by Crippen LogP contribution is -2.49. The summed E-state index contributed by atoms with van der Waals surface area (Å²) in [6.07, 6.45) is 0.672. The van der Waals surface area contributed by atoms with Crippen molar-refractivity contribution in [2.45, 2.75) is 42.5 Å². The van der Waals surface area contributed by atoms with Gasteiger partial charge < -0.3 is 24.9 Å². The van der Waals surface area contributed by atoms with Gasteiger partial charge in [0.15, 0.2) is 6.61 Å². The van der Waals surface area contributed by atoms with Crippen molar-refractivity contribution in [3.63, 3.8) is 0 Å². The summed E-state index contributed by atoms with van der Waals surface area (Å²) in [5.41, 5.74) is 1.40. The maximum atomic E-state index is 13.9. The normalized spacial score (nSPS) is 28.1. The van der Waals surface area contributed by atoms with Crippen LogP contribution < -0.4 is 19.7 Å². The number of amides is 3. The van der Waals surface area contributed by atoms with Crippen LogP contribution in [0.25, 0.3) is 0 Å². The van der Waals surface area contributed by atoms with E-state index in [9.17, 15) is 29.1 Å². The number of rotatable bonds is 9. The van der Waals surface area contributed by atoms with Gasteiger partial charge in [-0.15, -0.1) is 11.8 Å². The predicted octanol–water partition coefficient (Wildman–Crippen LogP) is 4.05. The molecular formula is C33H33N3O8S2. The van der Waals surface area contributed by atoms with E-state index >= 15 is 0 Å². The first-order chi connectivity index (χ1) is 22.1. The van der Waals surface area contributed by atoms with E-state index in [2.05, 4.69) is 10.3 Å². The Morgan fingerprint density at radius 3 is 2.41 bits per heavy atom. The quantitative estimate of drug-likeness (QED) is 0.288. The van der Waals surface area contributed by atoms with E-state index in [1.165, 1.54) is 0 Å². The molecule has 11 nitrogen and oxygen atoms in total. The fraction of sp³-hybridized carbons (Fsp3) is 0.424. The minimum Gasteiger partial charge on any atom is -0.497 e. The van der Waals surface area contributed by atoms with Crippen LogP contribution in [0.3, 0.4) is 0 Å². The average Bonchev–Trinajstić information content (AvgIpc) is 3.76. The van der Waals surface area contributed by atoms with Crippen molar-refractivity contribution in [3.05, 3.63) is 68.6 Å². The third-order valence-electron chi connectivity index (χ3n) is 9.91. The molecule has 46 heavy (non-hydrogen) atoms. The highest BCUT2D eigenvalue weighted by Crippen LogP contribution is 2.69. The van der Waals surface area contributed by atoms with E-state index in [1.807, 2.05) is 18.2 Å². The summed E-state index contributed by atoms with van der Waals surface area (Å²) in [4.78, 5) is 70.1. The van der Waals surface area contributed by atoms with Crippen molar-refractivity contribution >= 4 is 52.5 Å². The van der Waals surface area contributed by atoms with Gasteiger partial charge in [-0.3, -0.25) is 24.1 Å². The summed E-state index contributed by atoms with van der Waals surface area (Å²) in [6, 6.07) is 13.2. The van der Waals surface area contributed by atoms with E-state index in [-0.39, 0.29) is 46.3 Å². The molecule has 8 atom stereocenters. The molecule has 3 amide bonds. The molecule has 3 aromatic rings. The zero-order valence-electron chi connectivity index (χ0n) is 25.3. The number of methoxy groups -OCH3 is 1. The number of carboxylic acids is 1. The molecule has 7 unspecified atom stereocenters. The monoisotopic (exact) mass is 663 g/mol. The Morgan fingerprint density at radius 2 is 1.74 bits per heavy atom. The zero-order valence-corrected chi connectivity index (χ0v) is 26.9. The standard InChI is InChI=1S/C33H33N3O8S2/c1-14(2)26(32(40)41)36-30(38)24-18-12-19(25(24)31(36)39)27-23(18)22(28-29(45-27)35-33(42)46-28)17-6-4-5-7-20(17)44-13-21(37)34-15-8-10-16(43-3)11-9-15/h4-11,14,18-19,22-27H,12-13H2,1-3H3,(H,34,37)(H,35,42)(H,40,41)/t18?,19?,22-,23?,24?,25?,26?,27?/m1/s1. The number of para-hydroxylation sites is 1. The molecule has 2 aromatic carbocycles. The van der Waals surface area contributed by atoms with Gasteiger partial charge in [-0.25, -0.2) is 4.79 Å². The number of fused-ring (bicyclic) bond motifs is 9. The number of aromatic amines is 1. The van der Waals surface area contributed by atoms with Crippen LogP contribution in [0.15, 0.2) is 58.4 Å². The molecule has 4 aliphatic rings. The molecule has 0 radical (unpaired) electrons. The van der Waals surface area contributed by atoms with Crippen LogP contribution in [-0.2, 0) is 19.2 Å². The van der Waals surface area contributed by atoms with E-state index in [1.54, 1.807) is 63.1 Å². The molecule has 240 valence electrons. The zero-order chi connectivity index (χ0) is 32.4. The minimum atomic E-state index is -1.22. The Bertz CT molecular complexity index is 1790. The number of anilines is 1. The van der Waals surface area contributed by atoms with Gasteiger partial charge in [0.1, 0.15) is 17.5 Å². The molecule has 0 spiro atoms. The molecule has 3 N–H and O–H groups in total. The Balaban J connectivity index is 1.20. The fourth-order valence-electron chi connectivity index (χ4n) is 8.24. The van der Waals surface area contributed by atoms with Crippen LogP contribution in [0.4, 0.5) is 5.69 Å². The maximum Gasteiger partial charge on any atom is 0.327 e. The lowest BCUT2D eigenvalue weighted by Gasteiger charge is -2.43. The van der Waals surface area contributed by atoms with E-state index in [0.29, 0.717) is 23.6 Å². The van der Waals surface area contributed by atoms with Gasteiger partial charge in [0, 0.05) is 27.3 Å². The fourth-order valence-corrected chi connectivity index (χ4v) is 11.1. The van der Waals surface area contributed by atoms with E-state index in [0.717, 1.165) is 31.7 Å². The van der Waals surface area contributed by atoms with Crippen molar-refractivity contribution in [1.29, 1.82) is 0 Å². The Kier molecular flexibility index (Phi) is 7.71. The van der Waals surface area contributed by atoms with E-state index < -0.39 is 41.6 Å². The summed E-state index contributed by atoms with van der Waals surface area (Å²) in [5, 5.41) is 13.5. The number of likely N-dealkylation sites (tertiary alicyclic amines) is 1. The van der Waals surface area contributed by atoms with Crippen LogP contribution in [0.5, 0.6) is 11.5 Å². The molecule has 2 bridgehead atoms. The number of thioether (sulfide) groups is 1. The van der Waals surface area contributed by atoms with Gasteiger partial charge in [-0.2, -0.15) is 0 Å². The lowest BCUT2D eigenvalue weighted by atomic mass is 9.68. The van der Waals surface area contributed by atoms with Gasteiger partial charge in [-0.1, -0.05) is 43.4 Å². The Hall–Kier alpha value is -4.10. The summed E-state index contributed by atoms with van der Waals surface area (Å²) in [7, 11) is 1.57. The second-order valence-electron chi connectivity index (χ2n) is 12.6. The van der Waals surface area contributed by atoms with Crippen LogP contribution in [0, 0.1) is 35.5 Å². The molecule has 3 heterocycles. The number of carbonyl (C=O) groups excluding carboxylic acids is 3. The number of carbonyl (C=O) groups is 4. The number of aliphatic carboxylic acids is 1. The number of thiazole rings is 1. The molecule has 3 fully saturated rings. The lowest BCUT2D eigenvalue weighted by molar-refractivity contribution is -0.157. The number of hydrogen-bond acceptors (Lipinski definition) is 9. The third-order valence-corrected chi connectivity index (χ3v) is 12.5. The van der Waals surface area contributed by atoms with Gasteiger partial charge in [-0.05, 0) is 60.4 Å². The first-order valence-corrected chi connectivity index (χ1v) is 16.9. The number of imide groups is 1. The SMILES string of the molecule is COc1ccc(NC(=O)COc2ccccc2[C@H]2c3sc(=O)[nH]c3SC3C4CC(C5C(=O)N(C(C(=O)O)C(C)C)C(=O)C45)C32)cc1. The molecule has 1 saturated heterocycles. The number of hydrogen-bond donors (Lipinski definition) is 3. The van der Waals surface area contributed by atoms with Crippen molar-refractivity contribution in [3.8, 4) is 11.5 Å². The number of carboxylic acid groups (broad SMARTS) is 1. The van der Waals surface area contributed by atoms with Gasteiger partial charge in [0.25, 0.3) is 5.91 Å². The minimum absolute atomic E-state index is 0.0699. The van der Waals surface area contributed by atoms with Crippen LogP contribution in [-0.4, -0.2) is 63.7 Å². The van der Waals surface area contributed by atoms with Crippen LogP contribution in [0.2, 0.25) is 0 Å². The largest absolute Gasteiger partial charge is 0.497 e. The summed E-state index contributed by atoms with van der Waals surface area (Å²) < 4.78 is 11.3. The van der Waals surface area contributed by atoms with E-state index in [4.69, 9.17) is 9.47 Å². The molecule has 1 aromatic heterocycles. The number of ether oxygens (including phenoxy) is 2. The number of nitrogens with one attached hydrogen (secondary N) is 2. The molecule has 7 rings (SSSR count). The molecule has 2 saturated carbocycles. The number of nitrogens with zero attached hydrogens (tertiary/aromatic N) is 1. The topological polar surface area (TPSA) is 155 Å². The number of H-pyrrole nitrogens is 1. The highest BCUT2D eigenvalue weighted by atomic mass is 32.2. The first-order valence-electron chi connectivity index (χ1n) is 15.2. The van der Waals surface area contributed by atoms with Crippen molar-refractivity contribution in [2.75, 3.05) is 19.0 Å². The summed E-state index contributed by atoms with van der Waals surface area (Å²) in [6.45, 7) is 3.16. The second kappa shape index (κ2) is 11.6. The van der Waals surface area contributed by atoms with Crippen LogP contribution >= 0.6 is 23.1 Å².